The second kappa shape index (κ2) is 5.89. The molecule has 5 N–H and O–H groups in total. The quantitative estimate of drug-likeness (QED) is 0.301. The number of nitrogens with two attached hydrogens (primary N) is 2. The molecule has 0 fully saturated rings. The second-order valence-electron chi connectivity index (χ2n) is 5.76. The van der Waals surface area contributed by atoms with Gasteiger partial charge in [-0.3, -0.25) is 0 Å². The first kappa shape index (κ1) is 15.1. The topological polar surface area (TPSA) is 89.8 Å². The lowest BCUT2D eigenvalue weighted by Gasteiger charge is -2.06. The van der Waals surface area contributed by atoms with E-state index in [-0.39, 0.29) is 0 Å². The fourth-order valence-corrected chi connectivity index (χ4v) is 3.13. The molecule has 2 heterocycles. The largest absolute Gasteiger partial charge is 0.399 e. The molecule has 2 aromatic carbocycles. The van der Waals surface area contributed by atoms with Crippen LogP contribution in [0.25, 0.3) is 39.4 Å². The van der Waals surface area contributed by atoms with E-state index in [1.165, 1.54) is 0 Å². The van der Waals surface area contributed by atoms with E-state index in [0.29, 0.717) is 11.5 Å². The van der Waals surface area contributed by atoms with Crippen LogP contribution in [-0.4, -0.2) is 9.97 Å². The minimum atomic E-state index is 0.602. The number of anilines is 2. The summed E-state index contributed by atoms with van der Waals surface area (Å²) in [6.07, 6.45) is 3.61. The van der Waals surface area contributed by atoms with Crippen LogP contribution in [0.3, 0.4) is 0 Å². The number of nitrogens with zero attached hydrogens (tertiary/aromatic N) is 2. The Morgan fingerprint density at radius 3 is 2.52 bits per heavy atom. The van der Waals surface area contributed by atoms with Crippen molar-refractivity contribution in [1.29, 1.82) is 0 Å². The number of hydrazine groups is 1. The Bertz CT molecular complexity index is 1050. The Balaban J connectivity index is 2.17. The lowest BCUT2D eigenvalue weighted by Crippen LogP contribution is -2.07. The van der Waals surface area contributed by atoms with Crippen molar-refractivity contribution in [3.63, 3.8) is 0 Å². The third-order valence-electron chi connectivity index (χ3n) is 4.30. The molecule has 0 unspecified atom stereocenters. The molecule has 4 rings (SSSR count). The monoisotopic (exact) mass is 327 g/mol. The predicted molar refractivity (Wildman–Crippen MR) is 104 cm³/mol. The average Bonchev–Trinajstić information content (AvgIpc) is 3.00. The van der Waals surface area contributed by atoms with Gasteiger partial charge >= 0.3 is 0 Å². The van der Waals surface area contributed by atoms with Crippen LogP contribution in [0, 0.1) is 0 Å². The molecule has 122 valence electrons. The molecule has 2 aliphatic heterocycles. The van der Waals surface area contributed by atoms with Crippen LogP contribution in [0.2, 0.25) is 0 Å². The summed E-state index contributed by atoms with van der Waals surface area (Å²) in [5.41, 5.74) is 14.7. The highest BCUT2D eigenvalue weighted by atomic mass is 15.3. The van der Waals surface area contributed by atoms with Crippen LogP contribution in [0.15, 0.2) is 61.3 Å². The number of nitrogen functional groups attached to an aromatic ring is 2. The summed E-state index contributed by atoms with van der Waals surface area (Å²) in [7, 11) is 0. The third-order valence-corrected chi connectivity index (χ3v) is 4.30. The van der Waals surface area contributed by atoms with Crippen molar-refractivity contribution in [2.24, 2.45) is 5.84 Å². The van der Waals surface area contributed by atoms with E-state index in [9.17, 15) is 0 Å². The number of hydrogen-bond donors (Lipinski definition) is 3. The van der Waals surface area contributed by atoms with Gasteiger partial charge in [-0.1, -0.05) is 43.0 Å². The van der Waals surface area contributed by atoms with Gasteiger partial charge in [-0.05, 0) is 23.8 Å². The molecule has 5 heteroatoms. The molecule has 0 atom stereocenters. The first-order valence-corrected chi connectivity index (χ1v) is 7.89. The lowest BCUT2D eigenvalue weighted by atomic mass is 9.98. The summed E-state index contributed by atoms with van der Waals surface area (Å²) >= 11 is 0. The zero-order valence-corrected chi connectivity index (χ0v) is 13.5. The van der Waals surface area contributed by atoms with Gasteiger partial charge in [0.25, 0.3) is 0 Å². The second-order valence-corrected chi connectivity index (χ2v) is 5.76. The predicted octanol–water partition coefficient (Wildman–Crippen LogP) is 3.91. The maximum absolute atomic E-state index is 5.83. The van der Waals surface area contributed by atoms with E-state index in [1.54, 1.807) is 6.20 Å². The van der Waals surface area contributed by atoms with Crippen molar-refractivity contribution >= 4 is 28.5 Å². The van der Waals surface area contributed by atoms with Crippen LogP contribution in [0.4, 0.5) is 11.5 Å². The fourth-order valence-electron chi connectivity index (χ4n) is 3.13. The van der Waals surface area contributed by atoms with Crippen LogP contribution in [0.1, 0.15) is 5.56 Å². The molecule has 0 spiro atoms. The average molecular weight is 327 g/mol. The van der Waals surface area contributed by atoms with Gasteiger partial charge in [-0.15, -0.1) is 0 Å². The van der Waals surface area contributed by atoms with Crippen molar-refractivity contribution < 1.29 is 0 Å². The maximum atomic E-state index is 5.83. The molecular weight excluding hydrogens is 310 g/mol. The standard InChI is InChI=1S/C20H17N5/c1-2-14-15-5-3-4-6-17(15)24-19(12-7-9-13(21)10-8-12)16-11-23-20(25-22)18(14)16/h2-11H,1,21-22H2,(H,23,25). The van der Waals surface area contributed by atoms with E-state index in [1.807, 2.05) is 54.6 Å². The zero-order chi connectivity index (χ0) is 17.4. The molecule has 0 bridgehead atoms. The fraction of sp³-hybridized carbons (Fsp3) is 0. The highest BCUT2D eigenvalue weighted by Gasteiger charge is 2.21. The molecule has 0 radical (unpaired) electrons. The molecule has 0 aromatic heterocycles. The van der Waals surface area contributed by atoms with E-state index in [0.717, 1.165) is 38.9 Å². The molecule has 25 heavy (non-hydrogen) atoms. The minimum Gasteiger partial charge on any atom is -0.399 e. The number of nitrogens with one attached hydrogen (secondary N) is 1. The number of para-hydroxylation sites is 1. The molecule has 0 saturated heterocycles. The Kier molecular flexibility index (Phi) is 3.56. The van der Waals surface area contributed by atoms with Crippen LogP contribution >= 0.6 is 0 Å². The number of hydrogen-bond acceptors (Lipinski definition) is 5. The van der Waals surface area contributed by atoms with E-state index < -0.39 is 0 Å². The van der Waals surface area contributed by atoms with Crippen LogP contribution < -0.4 is 17.0 Å². The van der Waals surface area contributed by atoms with Crippen molar-refractivity contribution in [2.45, 2.75) is 0 Å². The lowest BCUT2D eigenvalue weighted by molar-refractivity contribution is 1.27. The minimum absolute atomic E-state index is 0.602. The van der Waals surface area contributed by atoms with Gasteiger partial charge < -0.3 is 11.2 Å². The van der Waals surface area contributed by atoms with Crippen LogP contribution in [-0.2, 0) is 0 Å². The van der Waals surface area contributed by atoms with Gasteiger partial charge in [0.05, 0.1) is 11.2 Å². The van der Waals surface area contributed by atoms with Crippen molar-refractivity contribution in [2.75, 3.05) is 11.2 Å². The van der Waals surface area contributed by atoms with Gasteiger partial charge in [-0.2, -0.15) is 0 Å². The Morgan fingerprint density at radius 2 is 1.80 bits per heavy atom. The number of aromatic nitrogens is 2. The number of rotatable bonds is 3. The summed E-state index contributed by atoms with van der Waals surface area (Å²) in [6.45, 7) is 3.99. The third kappa shape index (κ3) is 2.38. The van der Waals surface area contributed by atoms with Crippen molar-refractivity contribution in [1.82, 2.24) is 9.97 Å². The summed E-state index contributed by atoms with van der Waals surface area (Å²) in [5.74, 6) is 6.30. The summed E-state index contributed by atoms with van der Waals surface area (Å²) in [6, 6.07) is 15.6. The molecular formula is C20H17N5. The van der Waals surface area contributed by atoms with Gasteiger partial charge in [0.15, 0.2) is 0 Å². The molecule has 0 amide bonds. The van der Waals surface area contributed by atoms with Crippen molar-refractivity contribution in [3.05, 3.63) is 66.9 Å². The van der Waals surface area contributed by atoms with Gasteiger partial charge in [-0.25, -0.2) is 15.8 Å². The van der Waals surface area contributed by atoms with Gasteiger partial charge in [0, 0.05) is 34.0 Å². The van der Waals surface area contributed by atoms with E-state index in [4.69, 9.17) is 16.6 Å². The van der Waals surface area contributed by atoms with E-state index >= 15 is 0 Å². The Labute approximate surface area is 145 Å². The Hall–Kier alpha value is -3.44. The molecule has 2 aromatic rings. The molecule has 5 nitrogen and oxygen atoms in total. The maximum Gasteiger partial charge on any atom is 0.148 e. The highest BCUT2D eigenvalue weighted by molar-refractivity contribution is 6.02. The smallest absolute Gasteiger partial charge is 0.148 e. The van der Waals surface area contributed by atoms with Gasteiger partial charge in [0.1, 0.15) is 5.82 Å². The SMILES string of the molecule is C=Cc1c2c(NN)ncc-2c(-c2ccc(N)cc2)nc2ccccc12. The van der Waals surface area contributed by atoms with Gasteiger partial charge in [0.2, 0.25) is 0 Å². The normalized spacial score (nSPS) is 10.9. The number of benzene rings is 2. The zero-order valence-electron chi connectivity index (χ0n) is 13.5. The summed E-state index contributed by atoms with van der Waals surface area (Å²) in [5, 5.41) is 0.994. The molecule has 2 aliphatic rings. The molecule has 0 aliphatic carbocycles. The summed E-state index contributed by atoms with van der Waals surface area (Å²) < 4.78 is 0. The van der Waals surface area contributed by atoms with E-state index in [2.05, 4.69) is 17.0 Å². The Morgan fingerprint density at radius 1 is 1.04 bits per heavy atom. The van der Waals surface area contributed by atoms with Crippen LogP contribution in [0.5, 0.6) is 0 Å². The number of fused-ring (bicyclic) bond motifs is 2. The molecule has 0 saturated carbocycles. The van der Waals surface area contributed by atoms with Crippen molar-refractivity contribution in [3.8, 4) is 22.4 Å². The summed E-state index contributed by atoms with van der Waals surface area (Å²) in [4.78, 5) is 9.34. The highest BCUT2D eigenvalue weighted by Crippen LogP contribution is 2.41. The first-order chi connectivity index (χ1) is 12.2. The first-order valence-electron chi connectivity index (χ1n) is 7.89.